The van der Waals surface area contributed by atoms with Crippen molar-refractivity contribution in [3.8, 4) is 17.2 Å². The molecule has 30 heavy (non-hydrogen) atoms. The van der Waals surface area contributed by atoms with Crippen LogP contribution in [-0.4, -0.2) is 18.5 Å². The molecule has 3 aromatic rings. The molecule has 0 bridgehead atoms. The van der Waals surface area contributed by atoms with E-state index in [1.165, 1.54) is 6.08 Å². The minimum Gasteiger partial charge on any atom is -0.489 e. The smallest absolute Gasteiger partial charge is 0.336 e. The highest BCUT2D eigenvalue weighted by molar-refractivity contribution is 5.95. The molecule has 1 N–H and O–H groups in total. The fourth-order valence-electron chi connectivity index (χ4n) is 2.85. The number of hydrogen-bond donors (Lipinski definition) is 1. The number of esters is 1. The summed E-state index contributed by atoms with van der Waals surface area (Å²) in [4.78, 5) is 23.4. The molecule has 0 unspecified atom stereocenters. The highest BCUT2D eigenvalue weighted by atomic mass is 16.5. The van der Waals surface area contributed by atoms with Crippen LogP contribution in [0.3, 0.4) is 0 Å². The van der Waals surface area contributed by atoms with E-state index in [0.29, 0.717) is 23.8 Å². The molecule has 0 fully saturated rings. The molecule has 6 nitrogen and oxygen atoms in total. The summed E-state index contributed by atoms with van der Waals surface area (Å²) in [6, 6.07) is 22.1. The van der Waals surface area contributed by atoms with Gasteiger partial charge in [-0.25, -0.2) is 4.79 Å². The van der Waals surface area contributed by atoms with Crippen LogP contribution in [0.5, 0.6) is 17.2 Å². The standard InChI is InChI=1S/C24H19NO5/c26-23-16-29-22-14-20(11-12-21(22)25-23)30-24(27)13-8-17-6-9-19(10-7-17)28-15-18-4-2-1-3-5-18/h1-14H,15-16H2,(H,25,26)/b13-8+. The molecule has 1 amide bonds. The number of fused-ring (bicyclic) bond motifs is 1. The maximum Gasteiger partial charge on any atom is 0.336 e. The largest absolute Gasteiger partial charge is 0.489 e. The Balaban J connectivity index is 1.31. The quantitative estimate of drug-likeness (QED) is 0.380. The Hall–Kier alpha value is -4.06. The normalized spacial score (nSPS) is 12.6. The Labute approximate surface area is 173 Å². The zero-order chi connectivity index (χ0) is 20.8. The molecule has 0 spiro atoms. The molecule has 0 aromatic heterocycles. The molecule has 0 saturated carbocycles. The van der Waals surface area contributed by atoms with Crippen molar-refractivity contribution in [1.82, 2.24) is 0 Å². The Morgan fingerprint density at radius 2 is 1.77 bits per heavy atom. The molecule has 0 radical (unpaired) electrons. The van der Waals surface area contributed by atoms with Gasteiger partial charge in [0.25, 0.3) is 5.91 Å². The van der Waals surface area contributed by atoms with E-state index in [1.807, 2.05) is 54.6 Å². The second-order valence-electron chi connectivity index (χ2n) is 6.59. The van der Waals surface area contributed by atoms with Crippen molar-refractivity contribution in [3.05, 3.63) is 90.0 Å². The zero-order valence-corrected chi connectivity index (χ0v) is 16.0. The summed E-state index contributed by atoms with van der Waals surface area (Å²) in [5.74, 6) is 0.824. The molecule has 0 saturated heterocycles. The lowest BCUT2D eigenvalue weighted by atomic mass is 10.2. The molecular formula is C24H19NO5. The van der Waals surface area contributed by atoms with E-state index in [2.05, 4.69) is 5.32 Å². The van der Waals surface area contributed by atoms with E-state index in [9.17, 15) is 9.59 Å². The van der Waals surface area contributed by atoms with Gasteiger partial charge in [0.2, 0.25) is 0 Å². The second-order valence-corrected chi connectivity index (χ2v) is 6.59. The average molecular weight is 401 g/mol. The van der Waals surface area contributed by atoms with Gasteiger partial charge in [0.1, 0.15) is 23.9 Å². The summed E-state index contributed by atoms with van der Waals surface area (Å²) in [6.45, 7) is 0.436. The molecule has 6 heteroatoms. The van der Waals surface area contributed by atoms with Crippen LogP contribution in [0, 0.1) is 0 Å². The van der Waals surface area contributed by atoms with E-state index in [4.69, 9.17) is 14.2 Å². The van der Waals surface area contributed by atoms with Crippen LogP contribution >= 0.6 is 0 Å². The Morgan fingerprint density at radius 3 is 2.57 bits per heavy atom. The molecular weight excluding hydrogens is 382 g/mol. The van der Waals surface area contributed by atoms with Crippen molar-refractivity contribution in [2.45, 2.75) is 6.61 Å². The van der Waals surface area contributed by atoms with Crippen molar-refractivity contribution in [1.29, 1.82) is 0 Å². The molecule has 1 aliphatic rings. The lowest BCUT2D eigenvalue weighted by molar-refractivity contribution is -0.129. The third kappa shape index (κ3) is 5.05. The van der Waals surface area contributed by atoms with Gasteiger partial charge in [-0.05, 0) is 41.5 Å². The van der Waals surface area contributed by atoms with Gasteiger partial charge < -0.3 is 19.5 Å². The van der Waals surface area contributed by atoms with Crippen LogP contribution in [-0.2, 0) is 16.2 Å². The number of benzene rings is 3. The first-order chi connectivity index (χ1) is 14.7. The predicted molar refractivity (Wildman–Crippen MR) is 112 cm³/mol. The lowest BCUT2D eigenvalue weighted by Crippen LogP contribution is -2.25. The molecule has 1 heterocycles. The number of anilines is 1. The molecule has 150 valence electrons. The van der Waals surface area contributed by atoms with Gasteiger partial charge in [-0.3, -0.25) is 4.79 Å². The van der Waals surface area contributed by atoms with Gasteiger partial charge in [0, 0.05) is 12.1 Å². The Kier molecular flexibility index (Phi) is 5.75. The van der Waals surface area contributed by atoms with Gasteiger partial charge >= 0.3 is 5.97 Å². The summed E-state index contributed by atoms with van der Waals surface area (Å²) in [6.07, 6.45) is 3.01. The average Bonchev–Trinajstić information content (AvgIpc) is 2.78. The minimum absolute atomic E-state index is 0.0602. The topological polar surface area (TPSA) is 73.9 Å². The number of amides is 1. The van der Waals surface area contributed by atoms with Gasteiger partial charge in [-0.15, -0.1) is 0 Å². The molecule has 0 aliphatic carbocycles. The van der Waals surface area contributed by atoms with Crippen LogP contribution in [0.25, 0.3) is 6.08 Å². The minimum atomic E-state index is -0.515. The van der Waals surface area contributed by atoms with Gasteiger partial charge in [-0.1, -0.05) is 42.5 Å². The van der Waals surface area contributed by atoms with Crippen LogP contribution in [0.2, 0.25) is 0 Å². The maximum absolute atomic E-state index is 12.1. The number of nitrogens with one attached hydrogen (secondary N) is 1. The van der Waals surface area contributed by atoms with Crippen LogP contribution in [0.15, 0.2) is 78.9 Å². The van der Waals surface area contributed by atoms with E-state index in [1.54, 1.807) is 24.3 Å². The number of rotatable bonds is 6. The second kappa shape index (κ2) is 8.96. The SMILES string of the molecule is O=C1COc2cc(OC(=O)/C=C/c3ccc(OCc4ccccc4)cc3)ccc2N1. The van der Waals surface area contributed by atoms with Crippen molar-refractivity contribution < 1.29 is 23.8 Å². The molecule has 4 rings (SSSR count). The first-order valence-electron chi connectivity index (χ1n) is 9.39. The fraction of sp³-hybridized carbons (Fsp3) is 0.0833. The number of hydrogen-bond acceptors (Lipinski definition) is 5. The summed E-state index contributed by atoms with van der Waals surface area (Å²) >= 11 is 0. The highest BCUT2D eigenvalue weighted by Gasteiger charge is 2.16. The van der Waals surface area contributed by atoms with Crippen LogP contribution in [0.4, 0.5) is 5.69 Å². The summed E-state index contributed by atoms with van der Waals surface area (Å²) in [5, 5.41) is 2.68. The monoisotopic (exact) mass is 401 g/mol. The van der Waals surface area contributed by atoms with Gasteiger partial charge in [0.05, 0.1) is 5.69 Å². The summed E-state index contributed by atoms with van der Waals surface area (Å²) in [5.41, 5.74) is 2.49. The van der Waals surface area contributed by atoms with Gasteiger partial charge in [0.15, 0.2) is 6.61 Å². The zero-order valence-electron chi connectivity index (χ0n) is 16.0. The van der Waals surface area contributed by atoms with E-state index in [-0.39, 0.29) is 12.5 Å². The lowest BCUT2D eigenvalue weighted by Gasteiger charge is -2.18. The summed E-state index contributed by atoms with van der Waals surface area (Å²) in [7, 11) is 0. The Morgan fingerprint density at radius 1 is 1.00 bits per heavy atom. The third-order valence-electron chi connectivity index (χ3n) is 4.34. The fourth-order valence-corrected chi connectivity index (χ4v) is 2.85. The number of carbonyl (C=O) groups excluding carboxylic acids is 2. The van der Waals surface area contributed by atoms with Crippen molar-refractivity contribution in [3.63, 3.8) is 0 Å². The van der Waals surface area contributed by atoms with E-state index in [0.717, 1.165) is 16.9 Å². The summed E-state index contributed by atoms with van der Waals surface area (Å²) < 4.78 is 16.4. The molecule has 0 atom stereocenters. The van der Waals surface area contributed by atoms with Crippen molar-refractivity contribution in [2.24, 2.45) is 0 Å². The molecule has 1 aliphatic heterocycles. The number of ether oxygens (including phenoxy) is 3. The van der Waals surface area contributed by atoms with Crippen molar-refractivity contribution in [2.75, 3.05) is 11.9 Å². The first-order valence-corrected chi connectivity index (χ1v) is 9.39. The third-order valence-corrected chi connectivity index (χ3v) is 4.34. The van der Waals surface area contributed by atoms with Crippen molar-refractivity contribution >= 4 is 23.6 Å². The predicted octanol–water partition coefficient (Wildman–Crippen LogP) is 4.22. The van der Waals surface area contributed by atoms with Crippen LogP contribution in [0.1, 0.15) is 11.1 Å². The van der Waals surface area contributed by atoms with E-state index < -0.39 is 5.97 Å². The maximum atomic E-state index is 12.1. The van der Waals surface area contributed by atoms with E-state index >= 15 is 0 Å². The van der Waals surface area contributed by atoms with Gasteiger partial charge in [-0.2, -0.15) is 0 Å². The highest BCUT2D eigenvalue weighted by Crippen LogP contribution is 2.31. The first kappa shape index (κ1) is 19.3. The number of carbonyl (C=O) groups is 2. The van der Waals surface area contributed by atoms with Crippen LogP contribution < -0.4 is 19.5 Å². The molecule has 3 aromatic carbocycles. The Bertz CT molecular complexity index is 1070.